The zero-order valence-electron chi connectivity index (χ0n) is 42.6. The zero-order valence-corrected chi connectivity index (χ0v) is 42.6. The van der Waals surface area contributed by atoms with Gasteiger partial charge in [-0.3, -0.25) is 4.79 Å². The van der Waals surface area contributed by atoms with Gasteiger partial charge in [0.15, 0.2) is 6.29 Å². The molecule has 9 nitrogen and oxygen atoms in total. The van der Waals surface area contributed by atoms with Crippen LogP contribution in [0.1, 0.15) is 219 Å². The second-order valence-corrected chi connectivity index (χ2v) is 18.6. The average molecular weight is 940 g/mol. The van der Waals surface area contributed by atoms with Crippen molar-refractivity contribution < 1.29 is 39.8 Å². The molecule has 0 aromatic rings. The first-order valence-corrected chi connectivity index (χ1v) is 27.3. The Morgan fingerprint density at radius 1 is 0.522 bits per heavy atom. The summed E-state index contributed by atoms with van der Waals surface area (Å²) in [6.07, 6.45) is 59.2. The number of nitrogens with one attached hydrogen (secondary N) is 1. The molecule has 1 rings (SSSR count). The normalized spacial score (nSPS) is 20.4. The molecule has 9 heteroatoms. The van der Waals surface area contributed by atoms with Crippen molar-refractivity contribution in [2.75, 3.05) is 13.2 Å². The molecule has 1 heterocycles. The van der Waals surface area contributed by atoms with Crippen molar-refractivity contribution in [3.05, 3.63) is 85.1 Å². The van der Waals surface area contributed by atoms with Crippen LogP contribution in [-0.2, 0) is 14.3 Å². The molecular formula is C58H101NO8. The average Bonchev–Trinajstić information content (AvgIpc) is 3.33. The van der Waals surface area contributed by atoms with Crippen LogP contribution in [0.25, 0.3) is 0 Å². The standard InChI is InChI=1S/C58H101NO8/c1-3-5-7-9-11-13-15-17-19-21-23-25-26-28-29-31-33-35-37-39-41-43-45-47-52(61)51(50-66-58-57(65)56(64)55(63)53(49-60)67-58)59-54(62)48-46-44-42-40-38-36-34-32-30-27-24-22-20-18-16-14-12-10-8-6-4-2/h6,8,12,14,18,20,24,27,32,34,37,39,45,47,51-53,55-58,60-61,63-65H,3-5,7,9-11,13,15-17,19,21-23,25-26,28-31,33,35-36,38,40-44,46,48-50H2,1-2H3,(H,59,62)/b8-6-,14-12-,20-18-,27-24-,34-32-,39-37+,47-45+. The van der Waals surface area contributed by atoms with Gasteiger partial charge in [0.2, 0.25) is 5.91 Å². The predicted octanol–water partition coefficient (Wildman–Crippen LogP) is 13.1. The van der Waals surface area contributed by atoms with Crippen LogP contribution in [-0.4, -0.2) is 87.5 Å². The number of unbranched alkanes of at least 4 members (excludes halogenated alkanes) is 23. The molecule has 6 N–H and O–H groups in total. The predicted molar refractivity (Wildman–Crippen MR) is 281 cm³/mol. The van der Waals surface area contributed by atoms with E-state index < -0.39 is 49.5 Å². The molecule has 1 saturated heterocycles. The van der Waals surface area contributed by atoms with Gasteiger partial charge in [-0.2, -0.15) is 0 Å². The van der Waals surface area contributed by atoms with E-state index >= 15 is 0 Å². The Morgan fingerprint density at radius 3 is 1.43 bits per heavy atom. The highest BCUT2D eigenvalue weighted by Crippen LogP contribution is 2.23. The number of aliphatic hydroxyl groups is 5. The van der Waals surface area contributed by atoms with Crippen molar-refractivity contribution in [1.29, 1.82) is 0 Å². The van der Waals surface area contributed by atoms with Gasteiger partial charge >= 0.3 is 0 Å². The maximum Gasteiger partial charge on any atom is 0.220 e. The van der Waals surface area contributed by atoms with Crippen LogP contribution in [0.3, 0.4) is 0 Å². The minimum Gasteiger partial charge on any atom is -0.394 e. The maximum atomic E-state index is 13.0. The summed E-state index contributed by atoms with van der Waals surface area (Å²) in [7, 11) is 0. The fourth-order valence-corrected chi connectivity index (χ4v) is 8.14. The summed E-state index contributed by atoms with van der Waals surface area (Å²) < 4.78 is 11.2. The largest absolute Gasteiger partial charge is 0.394 e. The number of rotatable bonds is 45. The third-order valence-corrected chi connectivity index (χ3v) is 12.5. The minimum absolute atomic E-state index is 0.207. The highest BCUT2D eigenvalue weighted by Gasteiger charge is 2.44. The second-order valence-electron chi connectivity index (χ2n) is 18.6. The van der Waals surface area contributed by atoms with Crippen molar-refractivity contribution in [1.82, 2.24) is 5.32 Å². The van der Waals surface area contributed by atoms with Gasteiger partial charge in [0.1, 0.15) is 24.4 Å². The first-order chi connectivity index (χ1) is 32.8. The van der Waals surface area contributed by atoms with Gasteiger partial charge in [-0.05, 0) is 77.0 Å². The van der Waals surface area contributed by atoms with Gasteiger partial charge in [-0.1, -0.05) is 221 Å². The molecule has 1 amide bonds. The molecule has 1 fully saturated rings. The molecule has 0 radical (unpaired) electrons. The van der Waals surface area contributed by atoms with E-state index in [1.165, 1.54) is 109 Å². The summed E-state index contributed by atoms with van der Waals surface area (Å²) >= 11 is 0. The van der Waals surface area contributed by atoms with E-state index in [1.807, 2.05) is 6.08 Å². The van der Waals surface area contributed by atoms with E-state index in [4.69, 9.17) is 9.47 Å². The van der Waals surface area contributed by atoms with Gasteiger partial charge in [-0.25, -0.2) is 0 Å². The Morgan fingerprint density at radius 2 is 0.940 bits per heavy atom. The number of carbonyl (C=O) groups is 1. The van der Waals surface area contributed by atoms with Crippen LogP contribution in [0.15, 0.2) is 85.1 Å². The summed E-state index contributed by atoms with van der Waals surface area (Å²) in [6.45, 7) is 3.64. The lowest BCUT2D eigenvalue weighted by Crippen LogP contribution is -2.60. The summed E-state index contributed by atoms with van der Waals surface area (Å²) in [6, 6.07) is -0.838. The smallest absolute Gasteiger partial charge is 0.220 e. The number of carbonyl (C=O) groups excluding carboxylic acids is 1. The highest BCUT2D eigenvalue weighted by atomic mass is 16.7. The number of allylic oxidation sites excluding steroid dienone is 13. The van der Waals surface area contributed by atoms with Crippen molar-refractivity contribution >= 4 is 5.91 Å². The fourth-order valence-electron chi connectivity index (χ4n) is 8.14. The van der Waals surface area contributed by atoms with Gasteiger partial charge < -0.3 is 40.3 Å². The van der Waals surface area contributed by atoms with Crippen molar-refractivity contribution in [3.8, 4) is 0 Å². The molecule has 1 aliphatic rings. The Labute approximate surface area is 410 Å². The fraction of sp³-hybridized carbons (Fsp3) is 0.741. The lowest BCUT2D eigenvalue weighted by molar-refractivity contribution is -0.302. The quantitative estimate of drug-likeness (QED) is 0.0261. The van der Waals surface area contributed by atoms with Gasteiger partial charge in [0.25, 0.3) is 0 Å². The molecular weight excluding hydrogens is 839 g/mol. The molecule has 0 aliphatic carbocycles. The van der Waals surface area contributed by atoms with Crippen LogP contribution in [0.5, 0.6) is 0 Å². The Hall–Kier alpha value is -2.63. The Kier molecular flexibility index (Phi) is 43.8. The van der Waals surface area contributed by atoms with Crippen molar-refractivity contribution in [2.45, 2.75) is 262 Å². The van der Waals surface area contributed by atoms with Crippen LogP contribution in [0, 0.1) is 0 Å². The molecule has 0 bridgehead atoms. The first kappa shape index (κ1) is 62.4. The highest BCUT2D eigenvalue weighted by molar-refractivity contribution is 5.76. The van der Waals surface area contributed by atoms with E-state index in [1.54, 1.807) is 6.08 Å². The van der Waals surface area contributed by atoms with Crippen LogP contribution in [0.4, 0.5) is 0 Å². The molecule has 0 spiro atoms. The number of aliphatic hydroxyl groups excluding tert-OH is 5. The monoisotopic (exact) mass is 940 g/mol. The third-order valence-electron chi connectivity index (χ3n) is 12.5. The summed E-state index contributed by atoms with van der Waals surface area (Å²) in [4.78, 5) is 13.0. The molecule has 0 saturated carbocycles. The molecule has 67 heavy (non-hydrogen) atoms. The molecule has 0 aromatic carbocycles. The SMILES string of the molecule is CC/C=C\C/C=C\C/C=C\C/C=C\C/C=C\CCCCCCCC(=O)NC(COC1OC(CO)C(O)C(O)C1O)C(O)/C=C/CC/C=C/CCCCCCCCCCCCCCCCCCC. The zero-order chi connectivity index (χ0) is 48.7. The van der Waals surface area contributed by atoms with Crippen molar-refractivity contribution in [3.63, 3.8) is 0 Å². The van der Waals surface area contributed by atoms with Crippen LogP contribution < -0.4 is 5.32 Å². The molecule has 7 atom stereocenters. The van der Waals surface area contributed by atoms with E-state index in [0.717, 1.165) is 89.9 Å². The third kappa shape index (κ3) is 36.9. The maximum absolute atomic E-state index is 13.0. The summed E-state index contributed by atoms with van der Waals surface area (Å²) in [5, 5.41) is 54.4. The van der Waals surface area contributed by atoms with Crippen LogP contribution in [0.2, 0.25) is 0 Å². The topological polar surface area (TPSA) is 149 Å². The second kappa shape index (κ2) is 47.1. The minimum atomic E-state index is -1.58. The van der Waals surface area contributed by atoms with E-state index in [0.29, 0.717) is 6.42 Å². The summed E-state index contributed by atoms with van der Waals surface area (Å²) in [5.41, 5.74) is 0. The Bertz CT molecular complexity index is 1320. The van der Waals surface area contributed by atoms with Crippen LogP contribution >= 0.6 is 0 Å². The summed E-state index contributed by atoms with van der Waals surface area (Å²) in [5.74, 6) is -0.207. The molecule has 7 unspecified atom stereocenters. The van der Waals surface area contributed by atoms with Crippen molar-refractivity contribution in [2.24, 2.45) is 0 Å². The number of ether oxygens (including phenoxy) is 2. The molecule has 386 valence electrons. The van der Waals surface area contributed by atoms with E-state index in [-0.39, 0.29) is 12.5 Å². The number of amides is 1. The molecule has 0 aromatic heterocycles. The number of hydrogen-bond acceptors (Lipinski definition) is 8. The molecule has 1 aliphatic heterocycles. The van der Waals surface area contributed by atoms with Gasteiger partial charge in [0.05, 0.1) is 25.4 Å². The number of hydrogen-bond donors (Lipinski definition) is 6. The van der Waals surface area contributed by atoms with Gasteiger partial charge in [-0.15, -0.1) is 0 Å². The Balaban J connectivity index is 2.32. The lowest BCUT2D eigenvalue weighted by atomic mass is 9.99. The van der Waals surface area contributed by atoms with E-state index in [9.17, 15) is 30.3 Å². The first-order valence-electron chi connectivity index (χ1n) is 27.3. The van der Waals surface area contributed by atoms with E-state index in [2.05, 4.69) is 92.1 Å². The lowest BCUT2D eigenvalue weighted by Gasteiger charge is -2.40. The van der Waals surface area contributed by atoms with Gasteiger partial charge in [0, 0.05) is 6.42 Å².